The predicted octanol–water partition coefficient (Wildman–Crippen LogP) is 2.82. The molecule has 0 radical (unpaired) electrons. The topological polar surface area (TPSA) is 72.2 Å². The zero-order valence-corrected chi connectivity index (χ0v) is 13.3. The van der Waals surface area contributed by atoms with Crippen LogP contribution in [0.4, 0.5) is 5.69 Å². The highest BCUT2D eigenvalue weighted by Crippen LogP contribution is 2.35. The van der Waals surface area contributed by atoms with E-state index in [0.29, 0.717) is 10.6 Å². The van der Waals surface area contributed by atoms with Crippen molar-refractivity contribution < 1.29 is 8.42 Å². The maximum atomic E-state index is 12.4. The standard InChI is InChI=1S/C15H24N2O2S/c1-11-9-13(6-7-14(11)16)20(18,19)17-12-5-4-8-15(2,3)10-12/h6-7,9,12,17H,4-5,8,10,16H2,1-3H3. The van der Waals surface area contributed by atoms with Crippen molar-refractivity contribution in [3.8, 4) is 0 Å². The monoisotopic (exact) mass is 296 g/mol. The molecule has 3 N–H and O–H groups in total. The molecule has 1 unspecified atom stereocenters. The number of hydrogen-bond acceptors (Lipinski definition) is 3. The first-order valence-corrected chi connectivity index (χ1v) is 8.56. The van der Waals surface area contributed by atoms with Gasteiger partial charge < -0.3 is 5.73 Å². The van der Waals surface area contributed by atoms with E-state index >= 15 is 0 Å². The van der Waals surface area contributed by atoms with Crippen LogP contribution in [0.2, 0.25) is 0 Å². The maximum absolute atomic E-state index is 12.4. The zero-order chi connectivity index (χ0) is 15.0. The normalized spacial score (nSPS) is 22.6. The highest BCUT2D eigenvalue weighted by Gasteiger charge is 2.30. The first-order chi connectivity index (χ1) is 9.20. The number of nitrogens with two attached hydrogens (primary N) is 1. The number of nitrogen functional groups attached to an aromatic ring is 1. The van der Waals surface area contributed by atoms with Crippen molar-refractivity contribution in [1.29, 1.82) is 0 Å². The molecule has 0 spiro atoms. The minimum absolute atomic E-state index is 0.0293. The number of aryl methyl sites for hydroxylation is 1. The van der Waals surface area contributed by atoms with Crippen molar-refractivity contribution in [2.24, 2.45) is 5.41 Å². The van der Waals surface area contributed by atoms with Crippen LogP contribution in [0, 0.1) is 12.3 Å². The minimum atomic E-state index is -3.45. The van der Waals surface area contributed by atoms with Gasteiger partial charge in [0, 0.05) is 11.7 Å². The van der Waals surface area contributed by atoms with E-state index < -0.39 is 10.0 Å². The molecule has 1 atom stereocenters. The van der Waals surface area contributed by atoms with Crippen LogP contribution in [0.3, 0.4) is 0 Å². The van der Waals surface area contributed by atoms with E-state index in [1.807, 2.05) is 6.92 Å². The number of sulfonamides is 1. The van der Waals surface area contributed by atoms with Gasteiger partial charge in [0.25, 0.3) is 0 Å². The Bertz CT molecular complexity index is 594. The molecule has 0 aromatic heterocycles. The summed E-state index contributed by atoms with van der Waals surface area (Å²) in [6, 6.07) is 4.88. The van der Waals surface area contributed by atoms with Gasteiger partial charge in [-0.05, 0) is 55.4 Å². The van der Waals surface area contributed by atoms with Crippen molar-refractivity contribution in [3.05, 3.63) is 23.8 Å². The number of benzene rings is 1. The Balaban J connectivity index is 2.16. The SMILES string of the molecule is Cc1cc(S(=O)(=O)NC2CCCC(C)(C)C2)ccc1N. The summed E-state index contributed by atoms with van der Waals surface area (Å²) in [7, 11) is -3.45. The third kappa shape index (κ3) is 3.52. The molecule has 5 heteroatoms. The van der Waals surface area contributed by atoms with Gasteiger partial charge in [0.15, 0.2) is 0 Å². The molecule has 1 saturated carbocycles. The lowest BCUT2D eigenvalue weighted by Crippen LogP contribution is -2.40. The number of hydrogen-bond donors (Lipinski definition) is 2. The van der Waals surface area contributed by atoms with Crippen molar-refractivity contribution in [3.63, 3.8) is 0 Å². The van der Waals surface area contributed by atoms with Crippen LogP contribution < -0.4 is 10.5 Å². The molecule has 20 heavy (non-hydrogen) atoms. The van der Waals surface area contributed by atoms with E-state index in [9.17, 15) is 8.42 Å². The van der Waals surface area contributed by atoms with E-state index in [1.54, 1.807) is 18.2 Å². The second-order valence-electron chi connectivity index (χ2n) is 6.60. The Morgan fingerprint density at radius 1 is 1.35 bits per heavy atom. The summed E-state index contributed by atoms with van der Waals surface area (Å²) >= 11 is 0. The quantitative estimate of drug-likeness (QED) is 0.842. The molecule has 1 aliphatic rings. The van der Waals surface area contributed by atoms with Crippen LogP contribution in [0.5, 0.6) is 0 Å². The second-order valence-corrected chi connectivity index (χ2v) is 8.31. The summed E-state index contributed by atoms with van der Waals surface area (Å²) in [6.45, 7) is 6.21. The average Bonchev–Trinajstić information content (AvgIpc) is 2.30. The molecule has 0 aliphatic heterocycles. The fraction of sp³-hybridized carbons (Fsp3) is 0.600. The van der Waals surface area contributed by atoms with E-state index in [1.165, 1.54) is 0 Å². The number of anilines is 1. The van der Waals surface area contributed by atoms with E-state index in [-0.39, 0.29) is 11.5 Å². The van der Waals surface area contributed by atoms with E-state index in [0.717, 1.165) is 31.2 Å². The van der Waals surface area contributed by atoms with Gasteiger partial charge in [0.1, 0.15) is 0 Å². The Morgan fingerprint density at radius 3 is 2.65 bits per heavy atom. The average molecular weight is 296 g/mol. The molecular weight excluding hydrogens is 272 g/mol. The Morgan fingerprint density at radius 2 is 2.05 bits per heavy atom. The largest absolute Gasteiger partial charge is 0.399 e. The fourth-order valence-electron chi connectivity index (χ4n) is 2.90. The zero-order valence-electron chi connectivity index (χ0n) is 12.4. The molecule has 0 amide bonds. The first-order valence-electron chi connectivity index (χ1n) is 7.08. The number of nitrogens with one attached hydrogen (secondary N) is 1. The minimum Gasteiger partial charge on any atom is -0.399 e. The summed E-state index contributed by atoms with van der Waals surface area (Å²) in [5.74, 6) is 0. The van der Waals surface area contributed by atoms with Gasteiger partial charge in [-0.15, -0.1) is 0 Å². The van der Waals surface area contributed by atoms with Crippen LogP contribution in [0.25, 0.3) is 0 Å². The van der Waals surface area contributed by atoms with Gasteiger partial charge >= 0.3 is 0 Å². The van der Waals surface area contributed by atoms with Gasteiger partial charge in [0.05, 0.1) is 4.90 Å². The van der Waals surface area contributed by atoms with Crippen molar-refractivity contribution >= 4 is 15.7 Å². The predicted molar refractivity (Wildman–Crippen MR) is 81.9 cm³/mol. The smallest absolute Gasteiger partial charge is 0.240 e. The van der Waals surface area contributed by atoms with Crippen LogP contribution in [0.15, 0.2) is 23.1 Å². The lowest BCUT2D eigenvalue weighted by atomic mass is 9.75. The molecule has 0 bridgehead atoms. The van der Waals surface area contributed by atoms with Crippen molar-refractivity contribution in [2.75, 3.05) is 5.73 Å². The highest BCUT2D eigenvalue weighted by molar-refractivity contribution is 7.89. The molecule has 1 aromatic carbocycles. The Hall–Kier alpha value is -1.07. The first kappa shape index (κ1) is 15.3. The van der Waals surface area contributed by atoms with E-state index in [4.69, 9.17) is 5.73 Å². The van der Waals surface area contributed by atoms with Crippen molar-refractivity contribution in [2.45, 2.75) is 57.4 Å². The number of rotatable bonds is 3. The van der Waals surface area contributed by atoms with Crippen LogP contribution in [-0.2, 0) is 10.0 Å². The molecule has 1 aromatic rings. The third-order valence-corrected chi connectivity index (χ3v) is 5.60. The maximum Gasteiger partial charge on any atom is 0.240 e. The summed E-state index contributed by atoms with van der Waals surface area (Å²) in [5.41, 5.74) is 7.35. The van der Waals surface area contributed by atoms with Crippen molar-refractivity contribution in [1.82, 2.24) is 4.72 Å². The van der Waals surface area contributed by atoms with Crippen LogP contribution in [-0.4, -0.2) is 14.5 Å². The summed E-state index contributed by atoms with van der Waals surface area (Å²) in [5, 5.41) is 0. The summed E-state index contributed by atoms with van der Waals surface area (Å²) < 4.78 is 27.7. The van der Waals surface area contributed by atoms with Crippen LogP contribution in [0.1, 0.15) is 45.1 Å². The van der Waals surface area contributed by atoms with Gasteiger partial charge in [-0.3, -0.25) is 0 Å². The Labute approximate surface area is 121 Å². The molecule has 1 aliphatic carbocycles. The molecule has 4 nitrogen and oxygen atoms in total. The fourth-order valence-corrected chi connectivity index (χ4v) is 4.26. The molecule has 0 heterocycles. The van der Waals surface area contributed by atoms with Crippen LogP contribution >= 0.6 is 0 Å². The summed E-state index contributed by atoms with van der Waals surface area (Å²) in [6.07, 6.45) is 4.03. The summed E-state index contributed by atoms with van der Waals surface area (Å²) in [4.78, 5) is 0.299. The lowest BCUT2D eigenvalue weighted by molar-refractivity contribution is 0.212. The Kier molecular flexibility index (Phi) is 4.12. The van der Waals surface area contributed by atoms with Gasteiger partial charge in [-0.2, -0.15) is 0 Å². The van der Waals surface area contributed by atoms with Gasteiger partial charge in [-0.25, -0.2) is 13.1 Å². The molecule has 1 fully saturated rings. The van der Waals surface area contributed by atoms with Gasteiger partial charge in [-0.1, -0.05) is 20.3 Å². The molecule has 2 rings (SSSR count). The molecular formula is C15H24N2O2S. The molecule has 112 valence electrons. The highest BCUT2D eigenvalue weighted by atomic mass is 32.2. The van der Waals surface area contributed by atoms with Gasteiger partial charge in [0.2, 0.25) is 10.0 Å². The second kappa shape index (κ2) is 5.37. The third-order valence-electron chi connectivity index (χ3n) is 4.08. The van der Waals surface area contributed by atoms with E-state index in [2.05, 4.69) is 18.6 Å². The lowest BCUT2D eigenvalue weighted by Gasteiger charge is -2.35. The molecule has 0 saturated heterocycles.